The van der Waals surface area contributed by atoms with Crippen molar-refractivity contribution >= 4 is 11.8 Å². The predicted octanol–water partition coefficient (Wildman–Crippen LogP) is 5.20. The number of benzene rings is 1. The molecule has 214 valence electrons. The molecule has 2 heterocycles. The van der Waals surface area contributed by atoms with Gasteiger partial charge in [0.25, 0.3) is 0 Å². The first-order chi connectivity index (χ1) is 18.1. The van der Waals surface area contributed by atoms with Crippen LogP contribution in [0, 0.1) is 28.9 Å². The van der Waals surface area contributed by atoms with Crippen LogP contribution in [0.3, 0.4) is 0 Å². The lowest BCUT2D eigenvalue weighted by atomic mass is 9.73. The lowest BCUT2D eigenvalue weighted by Gasteiger charge is -2.42. The van der Waals surface area contributed by atoms with E-state index in [4.69, 9.17) is 4.74 Å². The SMILES string of the molecule is CC(C)CC1COCCCCCC2(CCN(Cc3c(F)cccc3F)CC2)C(=O)NC(CC(C)C)C(=O)N1. The van der Waals surface area contributed by atoms with Crippen LogP contribution in [0.1, 0.15) is 84.6 Å². The van der Waals surface area contributed by atoms with Crippen molar-refractivity contribution in [3.8, 4) is 0 Å². The first-order valence-corrected chi connectivity index (χ1v) is 14.4. The second kappa shape index (κ2) is 14.4. The van der Waals surface area contributed by atoms with Gasteiger partial charge in [-0.1, -0.05) is 46.6 Å². The largest absolute Gasteiger partial charge is 0.379 e. The maximum absolute atomic E-state index is 14.2. The van der Waals surface area contributed by atoms with Gasteiger partial charge in [-0.25, -0.2) is 8.78 Å². The average Bonchev–Trinajstić information content (AvgIpc) is 2.85. The van der Waals surface area contributed by atoms with Gasteiger partial charge in [0.1, 0.15) is 17.7 Å². The van der Waals surface area contributed by atoms with Crippen molar-refractivity contribution in [1.82, 2.24) is 15.5 Å². The molecular weight excluding hydrogens is 488 g/mol. The zero-order chi connectivity index (χ0) is 27.7. The molecule has 0 saturated carbocycles. The minimum atomic E-state index is -0.609. The maximum Gasteiger partial charge on any atom is 0.242 e. The van der Waals surface area contributed by atoms with Gasteiger partial charge in [-0.15, -0.1) is 0 Å². The summed E-state index contributed by atoms with van der Waals surface area (Å²) in [6.07, 6.45) is 6.07. The molecule has 2 aliphatic rings. The van der Waals surface area contributed by atoms with Crippen LogP contribution in [0.15, 0.2) is 18.2 Å². The van der Waals surface area contributed by atoms with Crippen molar-refractivity contribution in [3.63, 3.8) is 0 Å². The Labute approximate surface area is 227 Å². The Hall–Kier alpha value is -2.06. The molecule has 2 saturated heterocycles. The van der Waals surface area contributed by atoms with Gasteiger partial charge in [-0.2, -0.15) is 0 Å². The zero-order valence-corrected chi connectivity index (χ0v) is 23.7. The third-order valence-electron chi connectivity index (χ3n) is 7.93. The molecule has 1 aromatic carbocycles. The standard InChI is InChI=1S/C30H47F2N3O3/c1-21(2)17-23-20-38-16-7-5-6-11-30(29(37)34-27(18-22(3)4)28(36)33-23)12-14-35(15-13-30)19-24-25(31)9-8-10-26(24)32/h8-10,21-23,27H,5-7,11-20H2,1-4H3,(H,33,36)(H,34,37). The highest BCUT2D eigenvalue weighted by molar-refractivity contribution is 5.90. The number of hydrogen-bond acceptors (Lipinski definition) is 4. The molecule has 0 bridgehead atoms. The predicted molar refractivity (Wildman–Crippen MR) is 145 cm³/mol. The molecule has 3 rings (SSSR count). The van der Waals surface area contributed by atoms with Crippen LogP contribution >= 0.6 is 0 Å². The monoisotopic (exact) mass is 535 g/mol. The van der Waals surface area contributed by atoms with Crippen LogP contribution < -0.4 is 10.6 Å². The molecule has 2 unspecified atom stereocenters. The van der Waals surface area contributed by atoms with Crippen LogP contribution in [0.5, 0.6) is 0 Å². The highest BCUT2D eigenvalue weighted by Crippen LogP contribution is 2.38. The minimum Gasteiger partial charge on any atom is -0.379 e. The summed E-state index contributed by atoms with van der Waals surface area (Å²) in [6, 6.07) is 3.24. The number of carbonyl (C=O) groups is 2. The molecule has 38 heavy (non-hydrogen) atoms. The lowest BCUT2D eigenvalue weighted by molar-refractivity contribution is -0.139. The van der Waals surface area contributed by atoms with E-state index < -0.39 is 23.1 Å². The Bertz CT molecular complexity index is 896. The molecule has 1 aromatic rings. The summed E-state index contributed by atoms with van der Waals surface area (Å²) in [5.41, 5.74) is -0.522. The number of likely N-dealkylation sites (tertiary alicyclic amines) is 1. The number of amides is 2. The van der Waals surface area contributed by atoms with Crippen LogP contribution in [0.25, 0.3) is 0 Å². The summed E-state index contributed by atoms with van der Waals surface area (Å²) < 4.78 is 34.4. The number of nitrogens with zero attached hydrogens (tertiary/aromatic N) is 1. The first-order valence-electron chi connectivity index (χ1n) is 14.4. The third kappa shape index (κ3) is 8.73. The lowest BCUT2D eigenvalue weighted by Crippen LogP contribution is -2.56. The second-order valence-electron chi connectivity index (χ2n) is 12.1. The normalized spacial score (nSPS) is 24.3. The molecule has 8 heteroatoms. The quantitative estimate of drug-likeness (QED) is 0.525. The second-order valence-corrected chi connectivity index (χ2v) is 12.1. The molecular formula is C30H47F2N3O3. The average molecular weight is 536 g/mol. The van der Waals surface area contributed by atoms with Crippen LogP contribution in [0.4, 0.5) is 8.78 Å². The number of ether oxygens (including phenoxy) is 1. The Morgan fingerprint density at radius 2 is 1.61 bits per heavy atom. The number of piperidine rings is 1. The van der Waals surface area contributed by atoms with Gasteiger partial charge in [-0.3, -0.25) is 14.5 Å². The number of rotatable bonds is 6. The summed E-state index contributed by atoms with van der Waals surface area (Å²) in [6.45, 7) is 10.8. The highest BCUT2D eigenvalue weighted by atomic mass is 19.1. The van der Waals surface area contributed by atoms with E-state index >= 15 is 0 Å². The number of hydrogen-bond donors (Lipinski definition) is 2. The van der Waals surface area contributed by atoms with E-state index in [1.807, 2.05) is 4.90 Å². The molecule has 2 amide bonds. The van der Waals surface area contributed by atoms with E-state index in [2.05, 4.69) is 38.3 Å². The zero-order valence-electron chi connectivity index (χ0n) is 23.7. The van der Waals surface area contributed by atoms with Gasteiger partial charge in [0, 0.05) is 18.7 Å². The summed E-state index contributed by atoms with van der Waals surface area (Å²) in [7, 11) is 0. The number of carbonyl (C=O) groups excluding carboxylic acids is 2. The van der Waals surface area contributed by atoms with Crippen molar-refractivity contribution in [2.24, 2.45) is 17.3 Å². The van der Waals surface area contributed by atoms with E-state index in [0.29, 0.717) is 51.5 Å². The van der Waals surface area contributed by atoms with Gasteiger partial charge in [0.15, 0.2) is 0 Å². The Balaban J connectivity index is 1.75. The van der Waals surface area contributed by atoms with E-state index in [9.17, 15) is 18.4 Å². The first kappa shape index (κ1) is 30.5. The maximum atomic E-state index is 14.2. The van der Waals surface area contributed by atoms with E-state index in [0.717, 1.165) is 32.1 Å². The number of nitrogens with one attached hydrogen (secondary N) is 2. The van der Waals surface area contributed by atoms with Crippen molar-refractivity contribution in [1.29, 1.82) is 0 Å². The smallest absolute Gasteiger partial charge is 0.242 e. The Morgan fingerprint density at radius 1 is 0.947 bits per heavy atom. The molecule has 2 fully saturated rings. The fraction of sp³-hybridized carbons (Fsp3) is 0.733. The molecule has 2 N–H and O–H groups in total. The Kier molecular flexibility index (Phi) is 11.5. The fourth-order valence-electron chi connectivity index (χ4n) is 5.76. The molecule has 2 atom stereocenters. The molecule has 2 aliphatic heterocycles. The topological polar surface area (TPSA) is 70.7 Å². The van der Waals surface area contributed by atoms with Crippen molar-refractivity contribution in [2.45, 2.75) is 97.7 Å². The summed E-state index contributed by atoms with van der Waals surface area (Å²) in [5.74, 6) is -0.654. The van der Waals surface area contributed by atoms with Gasteiger partial charge < -0.3 is 15.4 Å². The van der Waals surface area contributed by atoms with Gasteiger partial charge in [-0.05, 0) is 75.6 Å². The molecule has 0 aliphatic carbocycles. The Morgan fingerprint density at radius 3 is 2.24 bits per heavy atom. The third-order valence-corrected chi connectivity index (χ3v) is 7.93. The van der Waals surface area contributed by atoms with E-state index in [1.54, 1.807) is 0 Å². The van der Waals surface area contributed by atoms with Crippen LogP contribution in [-0.2, 0) is 20.9 Å². The molecule has 0 aromatic heterocycles. The van der Waals surface area contributed by atoms with Crippen LogP contribution in [0.2, 0.25) is 0 Å². The van der Waals surface area contributed by atoms with Crippen molar-refractivity contribution < 1.29 is 23.1 Å². The molecule has 6 nitrogen and oxygen atoms in total. The summed E-state index contributed by atoms with van der Waals surface area (Å²) >= 11 is 0. The summed E-state index contributed by atoms with van der Waals surface area (Å²) in [4.78, 5) is 29.3. The minimum absolute atomic E-state index is 0.0660. The van der Waals surface area contributed by atoms with Crippen LogP contribution in [-0.4, -0.2) is 55.1 Å². The van der Waals surface area contributed by atoms with Crippen molar-refractivity contribution in [2.75, 3.05) is 26.3 Å². The number of halogens is 2. The summed E-state index contributed by atoms with van der Waals surface area (Å²) in [5, 5.41) is 6.30. The van der Waals surface area contributed by atoms with Gasteiger partial charge >= 0.3 is 0 Å². The fourth-order valence-corrected chi connectivity index (χ4v) is 5.76. The van der Waals surface area contributed by atoms with E-state index in [1.165, 1.54) is 18.2 Å². The van der Waals surface area contributed by atoms with Gasteiger partial charge in [0.2, 0.25) is 11.8 Å². The highest BCUT2D eigenvalue weighted by Gasteiger charge is 2.42. The van der Waals surface area contributed by atoms with Crippen molar-refractivity contribution in [3.05, 3.63) is 35.4 Å². The van der Waals surface area contributed by atoms with Gasteiger partial charge in [0.05, 0.1) is 18.1 Å². The molecule has 1 spiro atoms. The molecule has 0 radical (unpaired) electrons. The van der Waals surface area contributed by atoms with E-state index in [-0.39, 0.29) is 35.9 Å².